The summed E-state index contributed by atoms with van der Waals surface area (Å²) in [6, 6.07) is 7.21. The number of amides is 2. The van der Waals surface area contributed by atoms with Crippen molar-refractivity contribution in [3.63, 3.8) is 0 Å². The zero-order chi connectivity index (χ0) is 19.9. The lowest BCUT2D eigenvalue weighted by Gasteiger charge is -2.10. The molecule has 10 heteroatoms. The van der Waals surface area contributed by atoms with E-state index in [9.17, 15) is 18.0 Å². The first kappa shape index (κ1) is 20.7. The van der Waals surface area contributed by atoms with Crippen LogP contribution in [0.3, 0.4) is 0 Å². The summed E-state index contributed by atoms with van der Waals surface area (Å²) in [7, 11) is -3.90. The van der Waals surface area contributed by atoms with Gasteiger partial charge in [0.1, 0.15) is 10.7 Å². The smallest absolute Gasteiger partial charge is 0.251 e. The number of sulfonamides is 1. The van der Waals surface area contributed by atoms with Crippen LogP contribution >= 0.6 is 11.6 Å². The number of rotatable bonds is 9. The lowest BCUT2D eigenvalue weighted by molar-refractivity contribution is -0.120. The van der Waals surface area contributed by atoms with Gasteiger partial charge in [-0.3, -0.25) is 9.59 Å². The summed E-state index contributed by atoms with van der Waals surface area (Å²) in [4.78, 5) is 23.7. The molecule has 0 bridgehead atoms. The molecule has 0 aliphatic carbocycles. The van der Waals surface area contributed by atoms with E-state index < -0.39 is 21.8 Å². The highest BCUT2D eigenvalue weighted by molar-refractivity contribution is 7.89. The predicted molar refractivity (Wildman–Crippen MR) is 99.7 cm³/mol. The SMILES string of the molecule is C=CCNS(=O)(=O)c1cc(C(=O)NCC(=O)NCc2ccco2)ccc1Cl. The summed E-state index contributed by atoms with van der Waals surface area (Å²) < 4.78 is 31.8. The first-order chi connectivity index (χ1) is 12.8. The minimum absolute atomic E-state index is 0.0188. The van der Waals surface area contributed by atoms with Crippen molar-refractivity contribution in [2.45, 2.75) is 11.4 Å². The monoisotopic (exact) mass is 411 g/mol. The fourth-order valence-corrected chi connectivity index (χ4v) is 3.54. The summed E-state index contributed by atoms with van der Waals surface area (Å²) in [5.74, 6) is -0.455. The molecule has 0 aliphatic rings. The molecule has 8 nitrogen and oxygen atoms in total. The molecule has 0 atom stereocenters. The third kappa shape index (κ3) is 5.95. The van der Waals surface area contributed by atoms with Gasteiger partial charge in [-0.15, -0.1) is 6.58 Å². The second-order valence-corrected chi connectivity index (χ2v) is 7.47. The van der Waals surface area contributed by atoms with Crippen LogP contribution in [0.2, 0.25) is 5.02 Å². The molecular weight excluding hydrogens is 394 g/mol. The standard InChI is InChI=1S/C17H18ClN3O5S/c1-2-7-21-27(24,25)15-9-12(5-6-14(15)18)17(23)20-11-16(22)19-10-13-4-3-8-26-13/h2-6,8-9,21H,1,7,10-11H2,(H,19,22)(H,20,23). The van der Waals surface area contributed by atoms with Crippen molar-refractivity contribution in [1.82, 2.24) is 15.4 Å². The Kier molecular flexibility index (Phi) is 7.17. The van der Waals surface area contributed by atoms with E-state index in [1.165, 1.54) is 24.5 Å². The molecule has 1 aromatic carbocycles. The Morgan fingerprint density at radius 1 is 1.22 bits per heavy atom. The number of benzene rings is 1. The van der Waals surface area contributed by atoms with E-state index in [1.54, 1.807) is 12.1 Å². The number of carbonyl (C=O) groups excluding carboxylic acids is 2. The normalized spacial score (nSPS) is 11.0. The van der Waals surface area contributed by atoms with Crippen LogP contribution in [-0.2, 0) is 21.4 Å². The van der Waals surface area contributed by atoms with E-state index in [4.69, 9.17) is 16.0 Å². The molecule has 1 heterocycles. The van der Waals surface area contributed by atoms with E-state index in [1.807, 2.05) is 0 Å². The molecular formula is C17H18ClN3O5S. The molecule has 0 spiro atoms. The van der Waals surface area contributed by atoms with Crippen LogP contribution in [0.1, 0.15) is 16.1 Å². The molecule has 0 saturated heterocycles. The molecule has 2 amide bonds. The molecule has 0 fully saturated rings. The average Bonchev–Trinajstić information content (AvgIpc) is 3.16. The van der Waals surface area contributed by atoms with Crippen LogP contribution < -0.4 is 15.4 Å². The maximum absolute atomic E-state index is 12.2. The van der Waals surface area contributed by atoms with Crippen LogP contribution in [0.15, 0.2) is 58.6 Å². The predicted octanol–water partition coefficient (Wildman–Crippen LogP) is 1.44. The number of carbonyl (C=O) groups is 2. The first-order valence-electron chi connectivity index (χ1n) is 7.81. The van der Waals surface area contributed by atoms with Crippen molar-refractivity contribution in [1.29, 1.82) is 0 Å². The molecule has 0 radical (unpaired) electrons. The average molecular weight is 412 g/mol. The number of nitrogens with one attached hydrogen (secondary N) is 3. The van der Waals surface area contributed by atoms with Crippen molar-refractivity contribution < 1.29 is 22.4 Å². The van der Waals surface area contributed by atoms with Gasteiger partial charge in [0.2, 0.25) is 15.9 Å². The van der Waals surface area contributed by atoms with Crippen LogP contribution in [0.4, 0.5) is 0 Å². The lowest BCUT2D eigenvalue weighted by Crippen LogP contribution is -2.36. The second-order valence-electron chi connectivity index (χ2n) is 5.32. The Morgan fingerprint density at radius 2 is 2.00 bits per heavy atom. The van der Waals surface area contributed by atoms with Gasteiger partial charge in [0, 0.05) is 12.1 Å². The van der Waals surface area contributed by atoms with Gasteiger partial charge in [-0.25, -0.2) is 13.1 Å². The summed E-state index contributed by atoms with van der Waals surface area (Å²) in [5, 5.41) is 4.96. The third-order valence-electron chi connectivity index (χ3n) is 3.35. The molecule has 27 heavy (non-hydrogen) atoms. The van der Waals surface area contributed by atoms with Gasteiger partial charge in [0.15, 0.2) is 0 Å². The molecule has 2 rings (SSSR count). The van der Waals surface area contributed by atoms with E-state index in [2.05, 4.69) is 21.9 Å². The molecule has 0 unspecified atom stereocenters. The van der Waals surface area contributed by atoms with Crippen LogP contribution in [0, 0.1) is 0 Å². The molecule has 1 aromatic heterocycles. The highest BCUT2D eigenvalue weighted by atomic mass is 35.5. The Hall–Kier alpha value is -2.62. The summed E-state index contributed by atoms with van der Waals surface area (Å²) >= 11 is 5.93. The molecule has 144 valence electrons. The van der Waals surface area contributed by atoms with Gasteiger partial charge in [-0.1, -0.05) is 17.7 Å². The van der Waals surface area contributed by atoms with Crippen molar-refractivity contribution in [3.05, 3.63) is 65.6 Å². The highest BCUT2D eigenvalue weighted by Crippen LogP contribution is 2.22. The van der Waals surface area contributed by atoms with Gasteiger partial charge < -0.3 is 15.1 Å². The molecule has 0 aliphatic heterocycles. The van der Waals surface area contributed by atoms with E-state index in [-0.39, 0.29) is 35.1 Å². The number of hydrogen-bond donors (Lipinski definition) is 3. The number of furan rings is 1. The molecule has 3 N–H and O–H groups in total. The van der Waals surface area contributed by atoms with Gasteiger partial charge in [0.05, 0.1) is 24.4 Å². The highest BCUT2D eigenvalue weighted by Gasteiger charge is 2.19. The Morgan fingerprint density at radius 3 is 2.67 bits per heavy atom. The second kappa shape index (κ2) is 9.36. The number of halogens is 1. The van der Waals surface area contributed by atoms with Gasteiger partial charge in [-0.05, 0) is 30.3 Å². The Labute approximate surface area is 161 Å². The fraction of sp³-hybridized carbons (Fsp3) is 0.176. The number of hydrogen-bond acceptors (Lipinski definition) is 5. The van der Waals surface area contributed by atoms with Gasteiger partial charge in [-0.2, -0.15) is 0 Å². The first-order valence-corrected chi connectivity index (χ1v) is 9.67. The lowest BCUT2D eigenvalue weighted by atomic mass is 10.2. The summed E-state index contributed by atoms with van der Waals surface area (Å²) in [6.07, 6.45) is 2.86. The summed E-state index contributed by atoms with van der Waals surface area (Å²) in [6.45, 7) is 3.36. The zero-order valence-corrected chi connectivity index (χ0v) is 15.8. The van der Waals surface area contributed by atoms with Crippen molar-refractivity contribution in [2.24, 2.45) is 0 Å². The van der Waals surface area contributed by atoms with Crippen LogP contribution in [0.25, 0.3) is 0 Å². The quantitative estimate of drug-likeness (QED) is 0.540. The summed E-state index contributed by atoms with van der Waals surface area (Å²) in [5.41, 5.74) is 0.0530. The van der Waals surface area contributed by atoms with Crippen LogP contribution in [0.5, 0.6) is 0 Å². The van der Waals surface area contributed by atoms with Crippen molar-refractivity contribution in [3.8, 4) is 0 Å². The maximum Gasteiger partial charge on any atom is 0.251 e. The van der Waals surface area contributed by atoms with Crippen molar-refractivity contribution >= 4 is 33.4 Å². The van der Waals surface area contributed by atoms with Gasteiger partial charge in [0.25, 0.3) is 5.91 Å². The minimum atomic E-state index is -3.90. The topological polar surface area (TPSA) is 118 Å². The molecule has 0 saturated carbocycles. The largest absolute Gasteiger partial charge is 0.467 e. The van der Waals surface area contributed by atoms with Crippen molar-refractivity contribution in [2.75, 3.05) is 13.1 Å². The fourth-order valence-electron chi connectivity index (χ4n) is 2.02. The maximum atomic E-state index is 12.2. The van der Waals surface area contributed by atoms with E-state index in [0.29, 0.717) is 5.76 Å². The van der Waals surface area contributed by atoms with Crippen LogP contribution in [-0.4, -0.2) is 33.3 Å². The third-order valence-corrected chi connectivity index (χ3v) is 5.26. The Balaban J connectivity index is 1.98. The van der Waals surface area contributed by atoms with E-state index >= 15 is 0 Å². The minimum Gasteiger partial charge on any atom is -0.467 e. The zero-order valence-electron chi connectivity index (χ0n) is 14.2. The molecule has 2 aromatic rings. The van der Waals surface area contributed by atoms with E-state index in [0.717, 1.165) is 6.07 Å². The Bertz CT molecular complexity index is 926. The van der Waals surface area contributed by atoms with Gasteiger partial charge >= 0.3 is 0 Å².